The third-order valence-corrected chi connectivity index (χ3v) is 14.2. The first kappa shape index (κ1) is 67.9. The van der Waals surface area contributed by atoms with Crippen LogP contribution >= 0.6 is 0 Å². The normalized spacial score (nSPS) is 20.0. The van der Waals surface area contributed by atoms with Crippen LogP contribution in [-0.2, 0) is 14.3 Å². The molecular formula is C62H113NO9. The van der Waals surface area contributed by atoms with E-state index in [0.717, 1.165) is 51.4 Å². The van der Waals surface area contributed by atoms with Gasteiger partial charge in [-0.25, -0.2) is 0 Å². The fraction of sp³-hybridized carbons (Fsp3) is 0.823. The molecule has 8 atom stereocenters. The number of allylic oxidation sites excluding steroid dienone is 9. The fourth-order valence-electron chi connectivity index (χ4n) is 9.29. The molecule has 0 aromatic carbocycles. The highest BCUT2D eigenvalue weighted by molar-refractivity contribution is 5.80. The summed E-state index contributed by atoms with van der Waals surface area (Å²) in [7, 11) is 0. The molecule has 8 unspecified atom stereocenters. The first-order chi connectivity index (χ1) is 35.3. The van der Waals surface area contributed by atoms with Crippen LogP contribution in [0.5, 0.6) is 0 Å². The van der Waals surface area contributed by atoms with Gasteiger partial charge in [-0.1, -0.05) is 248 Å². The molecule has 72 heavy (non-hydrogen) atoms. The highest BCUT2D eigenvalue weighted by Crippen LogP contribution is 2.23. The predicted molar refractivity (Wildman–Crippen MR) is 301 cm³/mol. The van der Waals surface area contributed by atoms with Crippen molar-refractivity contribution in [2.24, 2.45) is 0 Å². The molecule has 1 amide bonds. The summed E-state index contributed by atoms with van der Waals surface area (Å²) in [4.78, 5) is 13.1. The lowest BCUT2D eigenvalue weighted by Gasteiger charge is -2.40. The summed E-state index contributed by atoms with van der Waals surface area (Å²) in [6.07, 6.45) is 59.3. The number of ether oxygens (including phenoxy) is 2. The van der Waals surface area contributed by atoms with Gasteiger partial charge in [-0.05, 0) is 77.0 Å². The van der Waals surface area contributed by atoms with E-state index in [-0.39, 0.29) is 6.61 Å². The second kappa shape index (κ2) is 51.0. The summed E-state index contributed by atoms with van der Waals surface area (Å²) in [5, 5.41) is 64.9. The van der Waals surface area contributed by atoms with Crippen molar-refractivity contribution in [3.63, 3.8) is 0 Å². The highest BCUT2D eigenvalue weighted by Gasteiger charge is 2.44. The zero-order valence-electron chi connectivity index (χ0n) is 46.3. The van der Waals surface area contributed by atoms with Crippen molar-refractivity contribution < 1.29 is 44.9 Å². The average molecular weight is 1020 g/mol. The zero-order chi connectivity index (χ0) is 52.4. The van der Waals surface area contributed by atoms with Gasteiger partial charge in [0, 0.05) is 0 Å². The van der Waals surface area contributed by atoms with Crippen molar-refractivity contribution >= 4 is 5.91 Å². The first-order valence-electron chi connectivity index (χ1n) is 30.1. The molecular weight excluding hydrogens is 903 g/mol. The van der Waals surface area contributed by atoms with E-state index in [1.54, 1.807) is 6.08 Å². The average Bonchev–Trinajstić information content (AvgIpc) is 3.38. The lowest BCUT2D eigenvalue weighted by molar-refractivity contribution is -0.302. The van der Waals surface area contributed by atoms with Gasteiger partial charge >= 0.3 is 0 Å². The standard InChI is InChI=1S/C62H113NO9/c1-3-5-7-9-11-13-15-17-18-19-20-21-22-23-24-25-26-27-28-29-30-31-32-33-34-35-36-37-39-41-43-45-47-49-51-56(66)61(70)63-54(53-71-62-60(69)59(68)58(67)57(52-64)72-62)55(65)50-48-46-44-42-40-38-16-14-12-10-8-6-4-2/h12,14,22-23,25-26,40,42,48,50,54-60,62,64-69H,3-11,13,15-21,24,27-39,41,43-47,49,51-53H2,1-2H3,(H,63,70)/b14-12+,23-22-,26-25-,42-40+,50-48+. The first-order valence-corrected chi connectivity index (χ1v) is 30.1. The van der Waals surface area contributed by atoms with Gasteiger partial charge in [0.2, 0.25) is 5.91 Å². The number of aliphatic hydroxyl groups excluding tert-OH is 6. The Morgan fingerprint density at radius 3 is 1.32 bits per heavy atom. The largest absolute Gasteiger partial charge is 0.394 e. The number of unbranched alkanes of at least 4 members (excludes halogenated alkanes) is 32. The molecule has 1 saturated heterocycles. The highest BCUT2D eigenvalue weighted by atomic mass is 16.7. The summed E-state index contributed by atoms with van der Waals surface area (Å²) in [5.74, 6) is -0.630. The number of hydrogen-bond acceptors (Lipinski definition) is 9. The smallest absolute Gasteiger partial charge is 0.249 e. The van der Waals surface area contributed by atoms with Crippen molar-refractivity contribution in [3.05, 3.63) is 60.8 Å². The number of aliphatic hydroxyl groups is 6. The van der Waals surface area contributed by atoms with E-state index >= 15 is 0 Å². The molecule has 1 heterocycles. The number of carbonyl (C=O) groups excluding carboxylic acids is 1. The molecule has 0 aliphatic carbocycles. The minimum absolute atomic E-state index is 0.300. The summed E-state index contributed by atoms with van der Waals surface area (Å²) in [6.45, 7) is 3.57. The van der Waals surface area contributed by atoms with Crippen LogP contribution in [0.4, 0.5) is 0 Å². The van der Waals surface area contributed by atoms with Crippen molar-refractivity contribution in [2.45, 2.75) is 313 Å². The molecule has 0 radical (unpaired) electrons. The number of amides is 1. The zero-order valence-corrected chi connectivity index (χ0v) is 46.3. The Hall–Kier alpha value is -2.15. The van der Waals surface area contributed by atoms with Crippen LogP contribution in [0.3, 0.4) is 0 Å². The molecule has 1 aliphatic rings. The van der Waals surface area contributed by atoms with Gasteiger partial charge in [0.05, 0.1) is 25.4 Å². The van der Waals surface area contributed by atoms with E-state index in [1.807, 2.05) is 6.08 Å². The molecule has 0 saturated carbocycles. The Balaban J connectivity index is 2.15. The number of hydrogen-bond donors (Lipinski definition) is 7. The van der Waals surface area contributed by atoms with Gasteiger partial charge in [0.25, 0.3) is 0 Å². The summed E-state index contributed by atoms with van der Waals surface area (Å²) in [5.41, 5.74) is 0. The lowest BCUT2D eigenvalue weighted by atomic mass is 9.99. The van der Waals surface area contributed by atoms with Crippen LogP contribution in [0.15, 0.2) is 60.8 Å². The summed E-state index contributed by atoms with van der Waals surface area (Å²) >= 11 is 0. The Bertz CT molecular complexity index is 1330. The maximum absolute atomic E-state index is 13.1. The van der Waals surface area contributed by atoms with Crippen LogP contribution in [-0.4, -0.2) is 98.7 Å². The molecule has 1 rings (SSSR count). The molecule has 10 heteroatoms. The van der Waals surface area contributed by atoms with E-state index in [0.29, 0.717) is 19.3 Å². The Morgan fingerprint density at radius 2 is 0.861 bits per heavy atom. The maximum Gasteiger partial charge on any atom is 0.249 e. The van der Waals surface area contributed by atoms with Gasteiger partial charge in [0.15, 0.2) is 6.29 Å². The van der Waals surface area contributed by atoms with Crippen LogP contribution in [0.2, 0.25) is 0 Å². The van der Waals surface area contributed by atoms with Crippen LogP contribution in [0.25, 0.3) is 0 Å². The van der Waals surface area contributed by atoms with E-state index in [1.165, 1.54) is 180 Å². The van der Waals surface area contributed by atoms with Crippen LogP contribution in [0, 0.1) is 0 Å². The SMILES string of the molecule is CCCCC/C=C/CC/C=C/CC/C=C/C(O)C(COC1OC(CO)C(O)C(O)C1O)NC(=O)C(O)CCCCCCCCCCCCCCCCCC/C=C\C/C=C\CCCCCCCCCCCCC. The monoisotopic (exact) mass is 1020 g/mol. The quantitative estimate of drug-likeness (QED) is 0.0232. The second-order valence-electron chi connectivity index (χ2n) is 20.9. The van der Waals surface area contributed by atoms with Crippen LogP contribution < -0.4 is 5.32 Å². The van der Waals surface area contributed by atoms with Crippen molar-refractivity contribution in [1.82, 2.24) is 5.32 Å². The van der Waals surface area contributed by atoms with Gasteiger partial charge in [-0.15, -0.1) is 0 Å². The van der Waals surface area contributed by atoms with Gasteiger partial charge < -0.3 is 45.4 Å². The molecule has 0 bridgehead atoms. The molecule has 10 nitrogen and oxygen atoms in total. The molecule has 420 valence electrons. The van der Waals surface area contributed by atoms with Gasteiger partial charge in [-0.3, -0.25) is 4.79 Å². The minimum Gasteiger partial charge on any atom is -0.394 e. The van der Waals surface area contributed by atoms with Crippen molar-refractivity contribution in [3.8, 4) is 0 Å². The predicted octanol–water partition coefficient (Wildman–Crippen LogP) is 14.0. The van der Waals surface area contributed by atoms with E-state index in [2.05, 4.69) is 67.8 Å². The second-order valence-corrected chi connectivity index (χ2v) is 20.9. The molecule has 0 aromatic rings. The summed E-state index contributed by atoms with van der Waals surface area (Å²) in [6, 6.07) is -1.00. The van der Waals surface area contributed by atoms with Crippen molar-refractivity contribution in [2.75, 3.05) is 13.2 Å². The number of carbonyl (C=O) groups is 1. The van der Waals surface area contributed by atoms with Gasteiger partial charge in [0.1, 0.15) is 30.5 Å². The number of rotatable bonds is 51. The Labute approximate surface area is 441 Å². The van der Waals surface area contributed by atoms with Crippen LogP contribution in [0.1, 0.15) is 264 Å². The minimum atomic E-state index is -1.62. The third kappa shape index (κ3) is 39.3. The van der Waals surface area contributed by atoms with Gasteiger partial charge in [-0.2, -0.15) is 0 Å². The topological polar surface area (TPSA) is 169 Å². The molecule has 0 aromatic heterocycles. The molecule has 1 fully saturated rings. The maximum atomic E-state index is 13.1. The van der Waals surface area contributed by atoms with Crippen molar-refractivity contribution in [1.29, 1.82) is 0 Å². The van der Waals surface area contributed by atoms with E-state index in [4.69, 9.17) is 9.47 Å². The fourth-order valence-corrected chi connectivity index (χ4v) is 9.29. The van der Waals surface area contributed by atoms with E-state index in [9.17, 15) is 35.4 Å². The van der Waals surface area contributed by atoms with E-state index < -0.39 is 61.5 Å². The number of nitrogens with one attached hydrogen (secondary N) is 1. The Kier molecular flexibility index (Phi) is 48.1. The lowest BCUT2D eigenvalue weighted by Crippen LogP contribution is -2.60. The third-order valence-electron chi connectivity index (χ3n) is 14.2. The molecule has 7 N–H and O–H groups in total. The Morgan fingerprint density at radius 1 is 0.486 bits per heavy atom. The molecule has 1 aliphatic heterocycles. The summed E-state index contributed by atoms with van der Waals surface area (Å²) < 4.78 is 11.2. The molecule has 0 spiro atoms.